The normalized spacial score (nSPS) is 10.1. The van der Waals surface area contributed by atoms with Crippen LogP contribution in [0.1, 0.15) is 5.69 Å². The van der Waals surface area contributed by atoms with Gasteiger partial charge in [-0.1, -0.05) is 8.96 Å². The number of aromatic nitrogens is 2. The third-order valence-electron chi connectivity index (χ3n) is 1.98. The molecule has 0 aliphatic rings. The molecule has 1 aromatic heterocycles. The summed E-state index contributed by atoms with van der Waals surface area (Å²) in [6.45, 7) is 0.182. The number of nitrogens with one attached hydrogen (secondary N) is 1. The number of fused-ring (bicyclic) bond motifs is 1. The summed E-state index contributed by atoms with van der Waals surface area (Å²) in [5.41, 5.74) is 1.00. The van der Waals surface area contributed by atoms with Crippen molar-refractivity contribution in [2.45, 2.75) is 6.61 Å². The van der Waals surface area contributed by atoms with Crippen LogP contribution >= 0.6 is 32.1 Å². The van der Waals surface area contributed by atoms with Crippen LogP contribution in [0.3, 0.4) is 0 Å². The molecule has 1 unspecified atom stereocenters. The van der Waals surface area contributed by atoms with Crippen molar-refractivity contribution < 1.29 is 37.2 Å². The molecule has 0 aliphatic heterocycles. The Kier molecular flexibility index (Phi) is 5.95. The largest absolute Gasteiger partial charge is 0.359 e. The van der Waals surface area contributed by atoms with E-state index in [-0.39, 0.29) is 44.7 Å². The Morgan fingerprint density at radius 2 is 2.31 bits per heavy atom. The van der Waals surface area contributed by atoms with Crippen molar-refractivity contribution in [3.63, 3.8) is 0 Å². The van der Waals surface area contributed by atoms with Crippen molar-refractivity contribution in [3.8, 4) is 0 Å². The van der Waals surface area contributed by atoms with Crippen LogP contribution < -0.4 is 5.43 Å². The Morgan fingerprint density at radius 3 is 3.00 bits per heavy atom. The second-order valence-corrected chi connectivity index (χ2v) is 4.40. The average molecular weight is 422 g/mol. The summed E-state index contributed by atoms with van der Waals surface area (Å²) in [6.07, 6.45) is 0. The number of benzene rings is 1. The van der Waals surface area contributed by atoms with Gasteiger partial charge in [0.05, 0.1) is 6.61 Å². The summed E-state index contributed by atoms with van der Waals surface area (Å²) in [7, 11) is 2.10. The molecule has 1 atom stereocenters. The first kappa shape index (κ1) is 14.6. The van der Waals surface area contributed by atoms with Gasteiger partial charge in [-0.15, -0.1) is 22.6 Å². The summed E-state index contributed by atoms with van der Waals surface area (Å²) in [4.78, 5) is 11.9. The monoisotopic (exact) mass is 422 g/mol. The number of hydrogen-bond donors (Lipinski definition) is 1. The van der Waals surface area contributed by atoms with Crippen LogP contribution in [0.5, 0.6) is 0 Å². The van der Waals surface area contributed by atoms with Gasteiger partial charge < -0.3 is 14.4 Å². The third kappa shape index (κ3) is 2.88. The van der Waals surface area contributed by atoms with Crippen molar-refractivity contribution >= 4 is 43.0 Å². The van der Waals surface area contributed by atoms with Crippen LogP contribution in [0, 0.1) is 9.64 Å². The standard InChI is InChI=1S/C9H7IN2O2P.Y/c10-6-3-1-2-5-8(6)12-11-7(4-14-15)9(5)13;/h2-3H,4,15H2,(H,12,13);/q-1;. The zero-order valence-corrected chi connectivity index (χ0v) is 14.3. The molecule has 4 nitrogen and oxygen atoms in total. The van der Waals surface area contributed by atoms with Crippen molar-refractivity contribution in [3.05, 3.63) is 37.7 Å². The van der Waals surface area contributed by atoms with Crippen LogP contribution in [0.25, 0.3) is 10.9 Å². The molecular formula is C9H7IN2O2PY-. The number of rotatable bonds is 2. The predicted molar refractivity (Wildman–Crippen MR) is 68.4 cm³/mol. The molecule has 1 radical (unpaired) electrons. The molecular weight excluding hydrogens is 415 g/mol. The summed E-state index contributed by atoms with van der Waals surface area (Å²) in [5.74, 6) is 0. The summed E-state index contributed by atoms with van der Waals surface area (Å²) >= 11 is 2.13. The molecule has 7 heteroatoms. The molecule has 0 amide bonds. The van der Waals surface area contributed by atoms with Crippen LogP contribution in [-0.4, -0.2) is 10.2 Å². The number of H-pyrrole nitrogens is 1. The molecule has 16 heavy (non-hydrogen) atoms. The second kappa shape index (κ2) is 6.50. The van der Waals surface area contributed by atoms with Gasteiger partial charge >= 0.3 is 0 Å². The van der Waals surface area contributed by atoms with Gasteiger partial charge in [-0.05, 0) is 5.52 Å². The molecule has 1 aromatic carbocycles. The van der Waals surface area contributed by atoms with E-state index in [9.17, 15) is 4.79 Å². The molecule has 0 bridgehead atoms. The number of hydrogen-bond acceptors (Lipinski definition) is 3. The van der Waals surface area contributed by atoms with E-state index in [0.717, 1.165) is 9.09 Å². The maximum Gasteiger partial charge on any atom is 0.159 e. The van der Waals surface area contributed by atoms with E-state index in [1.54, 1.807) is 12.1 Å². The molecule has 2 rings (SSSR count). The molecule has 1 heterocycles. The predicted octanol–water partition coefficient (Wildman–Crippen LogP) is 1.63. The Bertz CT molecular complexity index is 561. The Hall–Kier alpha value is 0.584. The summed E-state index contributed by atoms with van der Waals surface area (Å²) < 4.78 is 5.73. The molecule has 0 aliphatic carbocycles. The Balaban J connectivity index is 0.00000128. The topological polar surface area (TPSA) is 55.0 Å². The first-order valence-electron chi connectivity index (χ1n) is 4.12. The average Bonchev–Trinajstić information content (AvgIpc) is 2.23. The number of aromatic amines is 1. The van der Waals surface area contributed by atoms with Crippen LogP contribution in [-0.2, 0) is 43.8 Å². The number of nitrogens with zero attached hydrogens (tertiary/aromatic N) is 1. The molecule has 81 valence electrons. The molecule has 0 fully saturated rings. The van der Waals surface area contributed by atoms with Crippen LogP contribution in [0.15, 0.2) is 16.9 Å². The Labute approximate surface area is 133 Å². The van der Waals surface area contributed by atoms with Gasteiger partial charge in [-0.25, -0.2) is 0 Å². The molecule has 1 N–H and O–H groups in total. The van der Waals surface area contributed by atoms with Crippen molar-refractivity contribution in [2.75, 3.05) is 0 Å². The Morgan fingerprint density at radius 1 is 1.56 bits per heavy atom. The van der Waals surface area contributed by atoms with Gasteiger partial charge in [0.25, 0.3) is 0 Å². The molecule has 0 saturated carbocycles. The smallest absolute Gasteiger partial charge is 0.159 e. The molecule has 2 aromatic rings. The van der Waals surface area contributed by atoms with Gasteiger partial charge in [0.1, 0.15) is 5.69 Å². The van der Waals surface area contributed by atoms with E-state index >= 15 is 0 Å². The first-order chi connectivity index (χ1) is 7.24. The van der Waals surface area contributed by atoms with Crippen molar-refractivity contribution in [1.82, 2.24) is 10.2 Å². The maximum absolute atomic E-state index is 11.9. The maximum atomic E-state index is 11.9. The van der Waals surface area contributed by atoms with E-state index < -0.39 is 0 Å². The zero-order valence-electron chi connectivity index (χ0n) is 8.16. The van der Waals surface area contributed by atoms with Crippen molar-refractivity contribution in [2.24, 2.45) is 0 Å². The van der Waals surface area contributed by atoms with Gasteiger partial charge in [0.2, 0.25) is 0 Å². The minimum atomic E-state index is -0.110. The van der Waals surface area contributed by atoms with Crippen molar-refractivity contribution in [1.29, 1.82) is 0 Å². The minimum Gasteiger partial charge on any atom is -0.359 e. The fourth-order valence-corrected chi connectivity index (χ4v) is 2.02. The fourth-order valence-electron chi connectivity index (χ4n) is 1.27. The fraction of sp³-hybridized carbons (Fsp3) is 0.111. The van der Waals surface area contributed by atoms with E-state index in [0.29, 0.717) is 11.1 Å². The second-order valence-electron chi connectivity index (χ2n) is 2.90. The summed E-state index contributed by atoms with van der Waals surface area (Å²) in [5, 5.41) is 7.40. The van der Waals surface area contributed by atoms with E-state index in [4.69, 9.17) is 4.52 Å². The van der Waals surface area contributed by atoms with Crippen LogP contribution in [0.4, 0.5) is 0 Å². The SMILES string of the molecule is O=c1c(COP)n[nH]c2c(I)c[c-]cc12.[Y]. The minimum absolute atomic E-state index is 0. The van der Waals surface area contributed by atoms with Gasteiger partial charge in [-0.2, -0.15) is 23.3 Å². The zero-order chi connectivity index (χ0) is 10.8. The molecule has 0 saturated heterocycles. The summed E-state index contributed by atoms with van der Waals surface area (Å²) in [6, 6.07) is 6.37. The van der Waals surface area contributed by atoms with Gasteiger partial charge in [0, 0.05) is 42.2 Å². The van der Waals surface area contributed by atoms with E-state index in [1.165, 1.54) is 0 Å². The molecule has 0 spiro atoms. The first-order valence-corrected chi connectivity index (χ1v) is 5.67. The quantitative estimate of drug-likeness (QED) is 0.455. The van der Waals surface area contributed by atoms with Crippen LogP contribution in [0.2, 0.25) is 0 Å². The third-order valence-corrected chi connectivity index (χ3v) is 2.99. The number of halogens is 1. The van der Waals surface area contributed by atoms with E-state index in [1.807, 2.05) is 0 Å². The van der Waals surface area contributed by atoms with Gasteiger partial charge in [-0.3, -0.25) is 0 Å². The van der Waals surface area contributed by atoms with E-state index in [2.05, 4.69) is 48.3 Å². The van der Waals surface area contributed by atoms with Gasteiger partial charge in [0.15, 0.2) is 5.43 Å².